The molecule has 3 heteroatoms. The van der Waals surface area contributed by atoms with Gasteiger partial charge in [0.25, 0.3) is 0 Å². The number of aryl methyl sites for hydroxylation is 3. The van der Waals surface area contributed by atoms with Gasteiger partial charge in [-0.3, -0.25) is 9.69 Å². The van der Waals surface area contributed by atoms with Crippen LogP contribution in [0, 0.1) is 20.8 Å². The lowest BCUT2D eigenvalue weighted by molar-refractivity contribution is 0.0944. The molecule has 0 unspecified atom stereocenters. The molecular formula is C21H28N2O. The zero-order chi connectivity index (χ0) is 17.1. The van der Waals surface area contributed by atoms with Gasteiger partial charge < -0.3 is 4.57 Å². The summed E-state index contributed by atoms with van der Waals surface area (Å²) in [4.78, 5) is 14.9. The Morgan fingerprint density at radius 3 is 2.38 bits per heavy atom. The number of benzene rings is 1. The Balaban J connectivity index is 1.68. The summed E-state index contributed by atoms with van der Waals surface area (Å²) in [5.41, 5.74) is 5.84. The largest absolute Gasteiger partial charge is 0.348 e. The van der Waals surface area contributed by atoms with Crippen LogP contribution in [0.15, 0.2) is 30.3 Å². The maximum Gasteiger partial charge on any atom is 0.178 e. The van der Waals surface area contributed by atoms with Gasteiger partial charge in [-0.1, -0.05) is 29.8 Å². The van der Waals surface area contributed by atoms with Gasteiger partial charge in [-0.15, -0.1) is 0 Å². The molecule has 2 heterocycles. The number of carbonyl (C=O) groups is 1. The molecular weight excluding hydrogens is 296 g/mol. The first-order chi connectivity index (χ1) is 11.5. The molecule has 0 amide bonds. The molecule has 0 N–H and O–H groups in total. The van der Waals surface area contributed by atoms with Crippen LogP contribution in [-0.4, -0.2) is 34.9 Å². The summed E-state index contributed by atoms with van der Waals surface area (Å²) >= 11 is 0. The van der Waals surface area contributed by atoms with Crippen molar-refractivity contribution >= 4 is 5.78 Å². The van der Waals surface area contributed by atoms with Gasteiger partial charge in [-0.25, -0.2) is 0 Å². The van der Waals surface area contributed by atoms with E-state index >= 15 is 0 Å². The Morgan fingerprint density at radius 1 is 1.04 bits per heavy atom. The minimum absolute atomic E-state index is 0.270. The van der Waals surface area contributed by atoms with Crippen LogP contribution < -0.4 is 0 Å². The van der Waals surface area contributed by atoms with Crippen molar-refractivity contribution in [2.24, 2.45) is 0 Å². The summed E-state index contributed by atoms with van der Waals surface area (Å²) < 4.78 is 2.29. The minimum atomic E-state index is 0.270. The van der Waals surface area contributed by atoms with Crippen LogP contribution in [0.4, 0.5) is 0 Å². The van der Waals surface area contributed by atoms with E-state index in [9.17, 15) is 4.79 Å². The Kier molecular flexibility index (Phi) is 5.20. The van der Waals surface area contributed by atoms with Crippen molar-refractivity contribution in [3.63, 3.8) is 0 Å². The van der Waals surface area contributed by atoms with Gasteiger partial charge in [-0.2, -0.15) is 0 Å². The molecule has 0 radical (unpaired) electrons. The van der Waals surface area contributed by atoms with Crippen molar-refractivity contribution in [3.05, 3.63) is 58.4 Å². The van der Waals surface area contributed by atoms with Crippen molar-refractivity contribution in [1.82, 2.24) is 9.47 Å². The van der Waals surface area contributed by atoms with Gasteiger partial charge >= 0.3 is 0 Å². The van der Waals surface area contributed by atoms with Crippen LogP contribution >= 0.6 is 0 Å². The predicted molar refractivity (Wildman–Crippen MR) is 98.8 cm³/mol. The SMILES string of the molecule is Cc1ccc(CCn2c(C)cc(C(=O)CN3CCCC3)c2C)cc1. The van der Waals surface area contributed by atoms with E-state index in [4.69, 9.17) is 0 Å². The topological polar surface area (TPSA) is 25.2 Å². The maximum atomic E-state index is 12.6. The monoisotopic (exact) mass is 324 g/mol. The van der Waals surface area contributed by atoms with E-state index in [1.807, 2.05) is 0 Å². The van der Waals surface area contributed by atoms with Gasteiger partial charge in [-0.05, 0) is 64.8 Å². The molecule has 3 nitrogen and oxygen atoms in total. The first kappa shape index (κ1) is 17.0. The number of hydrogen-bond acceptors (Lipinski definition) is 2. The second kappa shape index (κ2) is 7.35. The van der Waals surface area contributed by atoms with E-state index in [1.165, 1.54) is 29.7 Å². The summed E-state index contributed by atoms with van der Waals surface area (Å²) in [6.45, 7) is 9.94. The molecule has 0 bridgehead atoms. The first-order valence-corrected chi connectivity index (χ1v) is 9.02. The fourth-order valence-electron chi connectivity index (χ4n) is 3.65. The Hall–Kier alpha value is -1.87. The molecule has 0 saturated carbocycles. The van der Waals surface area contributed by atoms with Gasteiger partial charge in [0.1, 0.15) is 0 Å². The third-order valence-electron chi connectivity index (χ3n) is 5.18. The van der Waals surface area contributed by atoms with Crippen LogP contribution in [0.5, 0.6) is 0 Å². The van der Waals surface area contributed by atoms with Gasteiger partial charge in [0, 0.05) is 23.5 Å². The summed E-state index contributed by atoms with van der Waals surface area (Å²) in [5.74, 6) is 0.270. The quantitative estimate of drug-likeness (QED) is 0.752. The van der Waals surface area contributed by atoms with Crippen molar-refractivity contribution < 1.29 is 4.79 Å². The van der Waals surface area contributed by atoms with Gasteiger partial charge in [0.15, 0.2) is 5.78 Å². The number of hydrogen-bond donors (Lipinski definition) is 0. The number of Topliss-reactive ketones (excluding diaryl/α,β-unsaturated/α-hetero) is 1. The smallest absolute Gasteiger partial charge is 0.178 e. The first-order valence-electron chi connectivity index (χ1n) is 9.02. The van der Waals surface area contributed by atoms with E-state index in [0.29, 0.717) is 6.54 Å². The number of carbonyl (C=O) groups excluding carboxylic acids is 1. The average Bonchev–Trinajstić information content (AvgIpc) is 3.16. The highest BCUT2D eigenvalue weighted by atomic mass is 16.1. The van der Waals surface area contributed by atoms with Crippen LogP contribution in [0.1, 0.15) is 45.7 Å². The van der Waals surface area contributed by atoms with E-state index in [-0.39, 0.29) is 5.78 Å². The minimum Gasteiger partial charge on any atom is -0.348 e. The predicted octanol–water partition coefficient (Wildman–Crippen LogP) is 3.93. The molecule has 0 aliphatic carbocycles. The molecule has 128 valence electrons. The zero-order valence-corrected chi connectivity index (χ0v) is 15.1. The van der Waals surface area contributed by atoms with Crippen LogP contribution in [0.25, 0.3) is 0 Å². The number of nitrogens with zero attached hydrogens (tertiary/aromatic N) is 2. The third kappa shape index (κ3) is 3.78. The third-order valence-corrected chi connectivity index (χ3v) is 5.18. The van der Waals surface area contributed by atoms with Gasteiger partial charge in [0.05, 0.1) is 6.54 Å². The molecule has 0 spiro atoms. The van der Waals surface area contributed by atoms with E-state index in [1.54, 1.807) is 0 Å². The number of rotatable bonds is 6. The number of aromatic nitrogens is 1. The molecule has 1 fully saturated rings. The molecule has 0 atom stereocenters. The molecule has 24 heavy (non-hydrogen) atoms. The van der Waals surface area contributed by atoms with Crippen molar-refractivity contribution in [3.8, 4) is 0 Å². The van der Waals surface area contributed by atoms with Crippen LogP contribution in [-0.2, 0) is 13.0 Å². The molecule has 1 aliphatic rings. The van der Waals surface area contributed by atoms with E-state index < -0.39 is 0 Å². The van der Waals surface area contributed by atoms with E-state index in [0.717, 1.165) is 37.3 Å². The van der Waals surface area contributed by atoms with Crippen molar-refractivity contribution in [2.75, 3.05) is 19.6 Å². The molecule has 1 aromatic heterocycles. The lowest BCUT2D eigenvalue weighted by atomic mass is 10.1. The fraction of sp³-hybridized carbons (Fsp3) is 0.476. The maximum absolute atomic E-state index is 12.6. The zero-order valence-electron chi connectivity index (χ0n) is 15.1. The Morgan fingerprint density at radius 2 is 1.71 bits per heavy atom. The number of likely N-dealkylation sites (tertiary alicyclic amines) is 1. The highest BCUT2D eigenvalue weighted by Crippen LogP contribution is 2.18. The second-order valence-electron chi connectivity index (χ2n) is 7.08. The molecule has 3 rings (SSSR count). The standard InChI is InChI=1S/C21H28N2O/c1-16-6-8-19(9-7-16)10-13-23-17(2)14-20(18(23)3)21(24)15-22-11-4-5-12-22/h6-9,14H,4-5,10-13,15H2,1-3H3. The molecule has 2 aromatic rings. The summed E-state index contributed by atoms with van der Waals surface area (Å²) in [6.07, 6.45) is 3.45. The Labute approximate surface area is 145 Å². The van der Waals surface area contributed by atoms with Crippen molar-refractivity contribution in [1.29, 1.82) is 0 Å². The molecule has 1 aromatic carbocycles. The lowest BCUT2D eigenvalue weighted by Crippen LogP contribution is -2.27. The Bertz CT molecular complexity index is 706. The fourth-order valence-corrected chi connectivity index (χ4v) is 3.65. The van der Waals surface area contributed by atoms with Crippen molar-refractivity contribution in [2.45, 2.75) is 46.6 Å². The van der Waals surface area contributed by atoms with Gasteiger partial charge in [0.2, 0.25) is 0 Å². The molecule has 1 saturated heterocycles. The highest BCUT2D eigenvalue weighted by Gasteiger charge is 2.20. The van der Waals surface area contributed by atoms with E-state index in [2.05, 4.69) is 60.6 Å². The van der Waals surface area contributed by atoms with Crippen LogP contribution in [0.2, 0.25) is 0 Å². The molecule has 1 aliphatic heterocycles. The summed E-state index contributed by atoms with van der Waals surface area (Å²) in [5, 5.41) is 0. The number of ketones is 1. The highest BCUT2D eigenvalue weighted by molar-refractivity contribution is 5.99. The normalized spacial score (nSPS) is 15.1. The van der Waals surface area contributed by atoms with Crippen LogP contribution in [0.3, 0.4) is 0 Å². The summed E-state index contributed by atoms with van der Waals surface area (Å²) in [7, 11) is 0. The summed E-state index contributed by atoms with van der Waals surface area (Å²) in [6, 6.07) is 10.8. The lowest BCUT2D eigenvalue weighted by Gasteiger charge is -2.14. The second-order valence-corrected chi connectivity index (χ2v) is 7.08. The average molecular weight is 324 g/mol.